The number of nitro benzene ring substituents is 1. The van der Waals surface area contributed by atoms with Crippen LogP contribution in [0.25, 0.3) is 0 Å². The summed E-state index contributed by atoms with van der Waals surface area (Å²) in [5, 5.41) is 21.2. The summed E-state index contributed by atoms with van der Waals surface area (Å²) in [6, 6.07) is 4.99. The van der Waals surface area contributed by atoms with Gasteiger partial charge in [0.25, 0.3) is 5.69 Å². The van der Waals surface area contributed by atoms with Crippen molar-refractivity contribution in [1.82, 2.24) is 0 Å². The molecule has 2 rings (SSSR count). The summed E-state index contributed by atoms with van der Waals surface area (Å²) < 4.78 is 0. The molecule has 0 aromatic heterocycles. The Balaban J connectivity index is 2.36. The van der Waals surface area contributed by atoms with Crippen molar-refractivity contribution in [3.63, 3.8) is 0 Å². The molecule has 1 aromatic rings. The lowest BCUT2D eigenvalue weighted by molar-refractivity contribution is -0.384. The van der Waals surface area contributed by atoms with Crippen molar-refractivity contribution in [2.24, 2.45) is 0 Å². The molecule has 0 amide bonds. The minimum absolute atomic E-state index is 0.0810. The number of nitro groups is 1. The van der Waals surface area contributed by atoms with Crippen LogP contribution in [0.5, 0.6) is 0 Å². The summed E-state index contributed by atoms with van der Waals surface area (Å²) >= 11 is 1.89. The van der Waals surface area contributed by atoms with Crippen molar-refractivity contribution in [3.05, 3.63) is 33.9 Å². The molecule has 5 nitrogen and oxygen atoms in total. The van der Waals surface area contributed by atoms with E-state index in [9.17, 15) is 15.2 Å². The summed E-state index contributed by atoms with van der Waals surface area (Å²) in [6.45, 7) is 5.38. The molecule has 1 saturated heterocycles. The zero-order chi connectivity index (χ0) is 14.0. The zero-order valence-corrected chi connectivity index (χ0v) is 11.9. The van der Waals surface area contributed by atoms with Crippen molar-refractivity contribution < 1.29 is 10.0 Å². The maximum absolute atomic E-state index is 11.2. The van der Waals surface area contributed by atoms with Crippen molar-refractivity contribution in [1.29, 1.82) is 0 Å². The lowest BCUT2D eigenvalue weighted by atomic mass is 10.1. The van der Waals surface area contributed by atoms with Crippen molar-refractivity contribution in [2.75, 3.05) is 23.7 Å². The van der Waals surface area contributed by atoms with Crippen LogP contribution in [-0.2, 0) is 0 Å². The molecule has 104 valence electrons. The van der Waals surface area contributed by atoms with E-state index < -0.39 is 6.10 Å². The highest BCUT2D eigenvalue weighted by Crippen LogP contribution is 2.33. The van der Waals surface area contributed by atoms with Crippen molar-refractivity contribution >= 4 is 23.1 Å². The van der Waals surface area contributed by atoms with Gasteiger partial charge >= 0.3 is 0 Å². The highest BCUT2D eigenvalue weighted by molar-refractivity contribution is 8.00. The molecule has 0 saturated carbocycles. The first kappa shape index (κ1) is 14.1. The summed E-state index contributed by atoms with van der Waals surface area (Å²) in [5.41, 5.74) is 1.31. The van der Waals surface area contributed by atoms with Gasteiger partial charge in [0.1, 0.15) is 5.69 Å². The Morgan fingerprint density at radius 2 is 2.32 bits per heavy atom. The van der Waals surface area contributed by atoms with E-state index in [2.05, 4.69) is 11.8 Å². The van der Waals surface area contributed by atoms with Gasteiger partial charge in [-0.2, -0.15) is 11.8 Å². The molecule has 0 bridgehead atoms. The average Bonchev–Trinajstić information content (AvgIpc) is 2.37. The van der Waals surface area contributed by atoms with Gasteiger partial charge in [-0.25, -0.2) is 0 Å². The Labute approximate surface area is 116 Å². The Morgan fingerprint density at radius 1 is 1.58 bits per heavy atom. The SMILES string of the molecule is CC1CN(c2ccc([C@@H](C)O)cc2[N+](=O)[O-])CCS1. The minimum Gasteiger partial charge on any atom is -0.389 e. The summed E-state index contributed by atoms with van der Waals surface area (Å²) in [5.74, 6) is 0.983. The molecular formula is C13H18N2O3S. The van der Waals surface area contributed by atoms with Crippen LogP contribution in [0.4, 0.5) is 11.4 Å². The van der Waals surface area contributed by atoms with E-state index in [1.165, 1.54) is 6.07 Å². The molecule has 1 heterocycles. The van der Waals surface area contributed by atoms with Gasteiger partial charge in [-0.1, -0.05) is 13.0 Å². The maximum atomic E-state index is 11.2. The molecule has 2 atom stereocenters. The summed E-state index contributed by atoms with van der Waals surface area (Å²) in [7, 11) is 0. The number of anilines is 1. The Hall–Kier alpha value is -1.27. The Kier molecular flexibility index (Phi) is 4.31. The first-order valence-electron chi connectivity index (χ1n) is 6.32. The van der Waals surface area contributed by atoms with Crippen LogP contribution in [0.3, 0.4) is 0 Å². The zero-order valence-electron chi connectivity index (χ0n) is 11.1. The molecule has 1 unspecified atom stereocenters. The first-order chi connectivity index (χ1) is 8.99. The lowest BCUT2D eigenvalue weighted by Crippen LogP contribution is -2.36. The van der Waals surface area contributed by atoms with Gasteiger partial charge in [-0.15, -0.1) is 0 Å². The van der Waals surface area contributed by atoms with E-state index in [4.69, 9.17) is 0 Å². The Morgan fingerprint density at radius 3 is 2.89 bits per heavy atom. The van der Waals surface area contributed by atoms with Crippen LogP contribution in [0.2, 0.25) is 0 Å². The first-order valence-corrected chi connectivity index (χ1v) is 7.37. The number of aliphatic hydroxyl groups is 1. The number of hydrogen-bond acceptors (Lipinski definition) is 5. The molecule has 1 N–H and O–H groups in total. The van der Waals surface area contributed by atoms with Gasteiger partial charge in [0.15, 0.2) is 0 Å². The van der Waals surface area contributed by atoms with Gasteiger partial charge in [0.2, 0.25) is 0 Å². The number of aliphatic hydroxyl groups excluding tert-OH is 1. The van der Waals surface area contributed by atoms with Gasteiger partial charge in [-0.3, -0.25) is 10.1 Å². The highest BCUT2D eigenvalue weighted by Gasteiger charge is 2.24. The second-order valence-corrected chi connectivity index (χ2v) is 6.35. The van der Waals surface area contributed by atoms with E-state index in [0.717, 1.165) is 18.8 Å². The number of benzene rings is 1. The molecule has 19 heavy (non-hydrogen) atoms. The van der Waals surface area contributed by atoms with E-state index >= 15 is 0 Å². The van der Waals surface area contributed by atoms with Crippen molar-refractivity contribution in [2.45, 2.75) is 25.2 Å². The molecule has 1 aromatic carbocycles. The fourth-order valence-corrected chi connectivity index (χ4v) is 3.26. The van der Waals surface area contributed by atoms with Gasteiger partial charge < -0.3 is 10.0 Å². The predicted molar refractivity (Wildman–Crippen MR) is 77.9 cm³/mol. The third-order valence-electron chi connectivity index (χ3n) is 3.26. The maximum Gasteiger partial charge on any atom is 0.292 e. The minimum atomic E-state index is -0.691. The number of thioether (sulfide) groups is 1. The largest absolute Gasteiger partial charge is 0.389 e. The number of hydrogen-bond donors (Lipinski definition) is 1. The summed E-state index contributed by atoms with van der Waals surface area (Å²) in [4.78, 5) is 12.9. The molecule has 1 aliphatic rings. The molecule has 0 radical (unpaired) electrons. The number of rotatable bonds is 3. The normalized spacial score (nSPS) is 21.2. The Bertz CT molecular complexity index is 479. The third-order valence-corrected chi connectivity index (χ3v) is 4.40. The van der Waals surface area contributed by atoms with E-state index in [0.29, 0.717) is 16.5 Å². The second-order valence-electron chi connectivity index (χ2n) is 4.81. The van der Waals surface area contributed by atoms with Crippen LogP contribution in [0.15, 0.2) is 18.2 Å². The van der Waals surface area contributed by atoms with Gasteiger partial charge in [0.05, 0.1) is 11.0 Å². The lowest BCUT2D eigenvalue weighted by Gasteiger charge is -2.32. The van der Waals surface area contributed by atoms with Crippen LogP contribution in [-0.4, -0.2) is 34.1 Å². The predicted octanol–water partition coefficient (Wildman–Crippen LogP) is 2.59. The van der Waals surface area contributed by atoms with Crippen molar-refractivity contribution in [3.8, 4) is 0 Å². The van der Waals surface area contributed by atoms with Crippen LogP contribution >= 0.6 is 11.8 Å². The van der Waals surface area contributed by atoms with Crippen LogP contribution in [0, 0.1) is 10.1 Å². The summed E-state index contributed by atoms with van der Waals surface area (Å²) in [6.07, 6.45) is -0.691. The molecule has 1 aliphatic heterocycles. The van der Waals surface area contributed by atoms with Crippen LogP contribution < -0.4 is 4.90 Å². The van der Waals surface area contributed by atoms with Gasteiger partial charge in [-0.05, 0) is 18.6 Å². The monoisotopic (exact) mass is 282 g/mol. The van der Waals surface area contributed by atoms with E-state index in [1.807, 2.05) is 11.8 Å². The van der Waals surface area contributed by atoms with Crippen LogP contribution in [0.1, 0.15) is 25.5 Å². The molecule has 0 spiro atoms. The number of nitrogens with zero attached hydrogens (tertiary/aromatic N) is 2. The van der Waals surface area contributed by atoms with Gasteiger partial charge in [0, 0.05) is 30.2 Å². The smallest absolute Gasteiger partial charge is 0.292 e. The molecular weight excluding hydrogens is 264 g/mol. The standard InChI is InChI=1S/C13H18N2O3S/c1-9-8-14(5-6-19-9)12-4-3-11(10(2)16)7-13(12)15(17)18/h3-4,7,9-10,16H,5-6,8H2,1-2H3/t9?,10-/m1/s1. The molecule has 1 fully saturated rings. The quantitative estimate of drug-likeness (QED) is 0.682. The van der Waals surface area contributed by atoms with E-state index in [-0.39, 0.29) is 10.6 Å². The topological polar surface area (TPSA) is 66.6 Å². The third kappa shape index (κ3) is 3.19. The average molecular weight is 282 g/mol. The second kappa shape index (κ2) is 5.79. The molecule has 0 aliphatic carbocycles. The van der Waals surface area contributed by atoms with E-state index in [1.54, 1.807) is 19.1 Å². The molecule has 6 heteroatoms. The fraction of sp³-hybridized carbons (Fsp3) is 0.538. The fourth-order valence-electron chi connectivity index (χ4n) is 2.25. The highest BCUT2D eigenvalue weighted by atomic mass is 32.2.